The van der Waals surface area contributed by atoms with Crippen LogP contribution in [0.3, 0.4) is 0 Å². The first-order valence-corrected chi connectivity index (χ1v) is 9.12. The standard InChI is InChI=1S/C26H20/c1-3-4-14-22-18(2)19-11-5-8-15-23(19)26(22)24-16-9-6-12-20(24)21-13-7-10-17-25(21)26/h3-17H,2H2,1H3/b4-3-,22-14+. The molecule has 0 saturated heterocycles. The molecule has 3 aromatic rings. The molecule has 26 heavy (non-hydrogen) atoms. The Bertz CT molecular complexity index is 1060. The van der Waals surface area contributed by atoms with Crippen LogP contribution >= 0.6 is 0 Å². The van der Waals surface area contributed by atoms with Crippen LogP contribution in [0.1, 0.15) is 29.2 Å². The lowest BCUT2D eigenvalue weighted by Crippen LogP contribution is -2.25. The van der Waals surface area contributed by atoms with Gasteiger partial charge in [-0.1, -0.05) is 97.6 Å². The van der Waals surface area contributed by atoms with Gasteiger partial charge in [0.2, 0.25) is 0 Å². The molecule has 2 aliphatic carbocycles. The van der Waals surface area contributed by atoms with Crippen molar-refractivity contribution in [2.24, 2.45) is 0 Å². The molecule has 0 nitrogen and oxygen atoms in total. The molecule has 1 spiro atoms. The summed E-state index contributed by atoms with van der Waals surface area (Å²) in [6.07, 6.45) is 6.47. The van der Waals surface area contributed by atoms with Gasteiger partial charge in [0.05, 0.1) is 5.41 Å². The molecule has 0 aliphatic heterocycles. The van der Waals surface area contributed by atoms with Crippen LogP contribution in [0.25, 0.3) is 16.7 Å². The Balaban J connectivity index is 2.00. The first kappa shape index (κ1) is 15.2. The molecule has 0 aromatic heterocycles. The van der Waals surface area contributed by atoms with Crippen LogP contribution in [0.4, 0.5) is 0 Å². The maximum absolute atomic E-state index is 4.49. The lowest BCUT2D eigenvalue weighted by molar-refractivity contribution is 0.795. The Kier molecular flexibility index (Phi) is 3.17. The van der Waals surface area contributed by atoms with Gasteiger partial charge in [0.15, 0.2) is 0 Å². The van der Waals surface area contributed by atoms with E-state index in [2.05, 4.69) is 105 Å². The third-order valence-corrected chi connectivity index (χ3v) is 5.79. The van der Waals surface area contributed by atoms with Crippen LogP contribution in [0.2, 0.25) is 0 Å². The molecule has 0 atom stereocenters. The van der Waals surface area contributed by atoms with Gasteiger partial charge in [0.1, 0.15) is 0 Å². The van der Waals surface area contributed by atoms with E-state index in [1.54, 1.807) is 0 Å². The molecular weight excluding hydrogens is 312 g/mol. The van der Waals surface area contributed by atoms with Crippen molar-refractivity contribution in [1.29, 1.82) is 0 Å². The number of fused-ring (bicyclic) bond motifs is 7. The second kappa shape index (κ2) is 5.44. The average molecular weight is 332 g/mol. The van der Waals surface area contributed by atoms with Crippen molar-refractivity contribution in [2.45, 2.75) is 12.3 Å². The molecule has 0 N–H and O–H groups in total. The fourth-order valence-corrected chi connectivity index (χ4v) is 4.82. The van der Waals surface area contributed by atoms with E-state index < -0.39 is 0 Å². The van der Waals surface area contributed by atoms with Crippen LogP contribution in [0, 0.1) is 0 Å². The fraction of sp³-hybridized carbons (Fsp3) is 0.0769. The minimum atomic E-state index is -0.264. The number of rotatable bonds is 1. The number of hydrogen-bond donors (Lipinski definition) is 0. The van der Waals surface area contributed by atoms with E-state index in [-0.39, 0.29) is 5.41 Å². The van der Waals surface area contributed by atoms with Crippen LogP contribution < -0.4 is 0 Å². The molecule has 5 rings (SSSR count). The van der Waals surface area contributed by atoms with E-state index in [1.165, 1.54) is 39.0 Å². The predicted molar refractivity (Wildman–Crippen MR) is 110 cm³/mol. The van der Waals surface area contributed by atoms with E-state index >= 15 is 0 Å². The van der Waals surface area contributed by atoms with Gasteiger partial charge in [0.25, 0.3) is 0 Å². The van der Waals surface area contributed by atoms with Crippen molar-refractivity contribution in [2.75, 3.05) is 0 Å². The molecule has 0 unspecified atom stereocenters. The molecule has 0 fully saturated rings. The Morgan fingerprint density at radius 2 is 1.15 bits per heavy atom. The number of benzene rings is 3. The van der Waals surface area contributed by atoms with Crippen molar-refractivity contribution in [1.82, 2.24) is 0 Å². The van der Waals surface area contributed by atoms with Gasteiger partial charge in [-0.05, 0) is 51.5 Å². The topological polar surface area (TPSA) is 0 Å². The summed E-state index contributed by atoms with van der Waals surface area (Å²) in [7, 11) is 0. The van der Waals surface area contributed by atoms with Crippen molar-refractivity contribution in [3.05, 3.63) is 125 Å². The highest BCUT2D eigenvalue weighted by molar-refractivity contribution is 5.99. The molecule has 2 aliphatic rings. The van der Waals surface area contributed by atoms with Gasteiger partial charge < -0.3 is 0 Å². The Morgan fingerprint density at radius 3 is 1.69 bits per heavy atom. The van der Waals surface area contributed by atoms with E-state index in [4.69, 9.17) is 0 Å². The van der Waals surface area contributed by atoms with Crippen molar-refractivity contribution < 1.29 is 0 Å². The second-order valence-corrected chi connectivity index (χ2v) is 6.97. The van der Waals surface area contributed by atoms with Crippen LogP contribution in [0.5, 0.6) is 0 Å². The molecular formula is C26H20. The zero-order valence-electron chi connectivity index (χ0n) is 14.9. The zero-order chi connectivity index (χ0) is 17.7. The summed E-state index contributed by atoms with van der Waals surface area (Å²) < 4.78 is 0. The summed E-state index contributed by atoms with van der Waals surface area (Å²) in [6, 6.07) is 26.4. The van der Waals surface area contributed by atoms with E-state index in [0.29, 0.717) is 0 Å². The van der Waals surface area contributed by atoms with Crippen LogP contribution in [0.15, 0.2) is 103 Å². The molecule has 3 aromatic carbocycles. The van der Waals surface area contributed by atoms with Crippen molar-refractivity contribution >= 4 is 5.57 Å². The highest BCUT2D eigenvalue weighted by Gasteiger charge is 2.52. The molecule has 0 radical (unpaired) electrons. The summed E-state index contributed by atoms with van der Waals surface area (Å²) in [5.41, 5.74) is 10.1. The number of allylic oxidation sites excluding steroid dienone is 5. The third kappa shape index (κ3) is 1.69. The van der Waals surface area contributed by atoms with E-state index in [9.17, 15) is 0 Å². The summed E-state index contributed by atoms with van der Waals surface area (Å²) >= 11 is 0. The quantitative estimate of drug-likeness (QED) is 0.475. The predicted octanol–water partition coefficient (Wildman–Crippen LogP) is 6.53. The maximum Gasteiger partial charge on any atom is 0.0725 e. The average Bonchev–Trinajstić information content (AvgIpc) is 3.13. The normalized spacial score (nSPS) is 17.7. The first-order valence-electron chi connectivity index (χ1n) is 9.12. The second-order valence-electron chi connectivity index (χ2n) is 6.97. The SMILES string of the molecule is C=C1/C(=C\C=C/C)C2(c3ccccc31)c1ccccc1-c1ccccc12. The Morgan fingerprint density at radius 1 is 0.692 bits per heavy atom. The molecule has 0 bridgehead atoms. The molecule has 0 heteroatoms. The fourth-order valence-electron chi connectivity index (χ4n) is 4.82. The van der Waals surface area contributed by atoms with Gasteiger partial charge in [-0.25, -0.2) is 0 Å². The Hall–Kier alpha value is -3.12. The van der Waals surface area contributed by atoms with Gasteiger partial charge in [-0.15, -0.1) is 0 Å². The summed E-state index contributed by atoms with van der Waals surface area (Å²) in [5, 5.41) is 0. The molecule has 0 amide bonds. The molecule has 124 valence electrons. The molecule has 0 heterocycles. The van der Waals surface area contributed by atoms with Gasteiger partial charge >= 0.3 is 0 Å². The number of hydrogen-bond acceptors (Lipinski definition) is 0. The van der Waals surface area contributed by atoms with E-state index in [1.807, 2.05) is 0 Å². The van der Waals surface area contributed by atoms with Gasteiger partial charge in [-0.3, -0.25) is 0 Å². The summed E-state index contributed by atoms with van der Waals surface area (Å²) in [4.78, 5) is 0. The summed E-state index contributed by atoms with van der Waals surface area (Å²) in [5.74, 6) is 0. The monoisotopic (exact) mass is 332 g/mol. The largest absolute Gasteiger partial charge is 0.0908 e. The lowest BCUT2D eigenvalue weighted by Gasteiger charge is -2.30. The molecule has 0 saturated carbocycles. The first-order chi connectivity index (χ1) is 12.8. The summed E-state index contributed by atoms with van der Waals surface area (Å²) in [6.45, 7) is 6.55. The highest BCUT2D eigenvalue weighted by atomic mass is 14.5. The maximum atomic E-state index is 4.49. The lowest BCUT2D eigenvalue weighted by atomic mass is 9.70. The van der Waals surface area contributed by atoms with E-state index in [0.717, 1.165) is 5.57 Å². The van der Waals surface area contributed by atoms with Crippen LogP contribution in [-0.2, 0) is 5.41 Å². The van der Waals surface area contributed by atoms with Crippen LogP contribution in [-0.4, -0.2) is 0 Å². The smallest absolute Gasteiger partial charge is 0.0725 e. The van der Waals surface area contributed by atoms with Crippen molar-refractivity contribution in [3.8, 4) is 11.1 Å². The Labute approximate surface area is 154 Å². The van der Waals surface area contributed by atoms with Gasteiger partial charge in [0, 0.05) is 0 Å². The third-order valence-electron chi connectivity index (χ3n) is 5.79. The van der Waals surface area contributed by atoms with Gasteiger partial charge in [-0.2, -0.15) is 0 Å². The highest BCUT2D eigenvalue weighted by Crippen LogP contribution is 2.63. The van der Waals surface area contributed by atoms with Crippen molar-refractivity contribution in [3.63, 3.8) is 0 Å². The minimum Gasteiger partial charge on any atom is -0.0908 e. The minimum absolute atomic E-state index is 0.264. The zero-order valence-corrected chi connectivity index (χ0v) is 14.9.